The number of ether oxygens (including phenoxy) is 2. The fraction of sp³-hybridized carbons (Fsp3) is 0.833. The van der Waals surface area contributed by atoms with Gasteiger partial charge in [0.15, 0.2) is 0 Å². The lowest BCUT2D eigenvalue weighted by Gasteiger charge is -2.34. The summed E-state index contributed by atoms with van der Waals surface area (Å²) in [6.07, 6.45) is -1.74. The van der Waals surface area contributed by atoms with Gasteiger partial charge in [-0.25, -0.2) is 9.18 Å². The van der Waals surface area contributed by atoms with Gasteiger partial charge in [0.05, 0.1) is 19.6 Å². The van der Waals surface area contributed by atoms with Crippen molar-refractivity contribution >= 4 is 12.1 Å². The fourth-order valence-corrected chi connectivity index (χ4v) is 1.85. The first-order valence-electron chi connectivity index (χ1n) is 5.92. The number of halogens is 1. The molecule has 0 N–H and O–H groups in total. The van der Waals surface area contributed by atoms with Gasteiger partial charge >= 0.3 is 12.1 Å². The first-order chi connectivity index (χ1) is 8.23. The predicted octanol–water partition coefficient (Wildman–Crippen LogP) is 1.75. The van der Waals surface area contributed by atoms with Crippen molar-refractivity contribution in [2.24, 2.45) is 5.92 Å². The zero-order chi connectivity index (χ0) is 13.9. The minimum atomic E-state index is -1.23. The van der Waals surface area contributed by atoms with E-state index in [1.807, 2.05) is 0 Å². The van der Waals surface area contributed by atoms with Crippen LogP contribution in [0.1, 0.15) is 27.2 Å². The molecule has 5 nitrogen and oxygen atoms in total. The summed E-state index contributed by atoms with van der Waals surface area (Å²) in [6, 6.07) is 0. The molecular formula is C12H20FNO4. The first kappa shape index (κ1) is 14.7. The number of carbonyl (C=O) groups excluding carboxylic acids is 2. The minimum absolute atomic E-state index is 0.0393. The van der Waals surface area contributed by atoms with Gasteiger partial charge in [-0.05, 0) is 27.2 Å². The summed E-state index contributed by atoms with van der Waals surface area (Å²) < 4.78 is 23.3. The number of likely N-dealkylation sites (tertiary alicyclic amines) is 1. The van der Waals surface area contributed by atoms with Gasteiger partial charge < -0.3 is 14.4 Å². The van der Waals surface area contributed by atoms with Gasteiger partial charge in [0.1, 0.15) is 11.8 Å². The molecule has 0 aromatic heterocycles. The molecule has 0 aromatic rings. The van der Waals surface area contributed by atoms with Gasteiger partial charge in [0.25, 0.3) is 0 Å². The zero-order valence-corrected chi connectivity index (χ0v) is 11.2. The summed E-state index contributed by atoms with van der Waals surface area (Å²) >= 11 is 0. The van der Waals surface area contributed by atoms with E-state index in [4.69, 9.17) is 4.74 Å². The quantitative estimate of drug-likeness (QED) is 0.675. The summed E-state index contributed by atoms with van der Waals surface area (Å²) in [5, 5.41) is 0. The van der Waals surface area contributed by atoms with Crippen LogP contribution in [0.2, 0.25) is 0 Å². The van der Waals surface area contributed by atoms with Crippen LogP contribution < -0.4 is 0 Å². The number of carbonyl (C=O) groups is 2. The van der Waals surface area contributed by atoms with Crippen LogP contribution in [0.5, 0.6) is 0 Å². The van der Waals surface area contributed by atoms with Crippen LogP contribution in [-0.4, -0.2) is 48.9 Å². The van der Waals surface area contributed by atoms with Crippen molar-refractivity contribution in [1.82, 2.24) is 4.90 Å². The molecule has 0 saturated carbocycles. The van der Waals surface area contributed by atoms with Gasteiger partial charge in [-0.15, -0.1) is 0 Å². The van der Waals surface area contributed by atoms with Crippen molar-refractivity contribution < 1.29 is 23.5 Å². The molecular weight excluding hydrogens is 241 g/mol. The molecule has 1 aliphatic rings. The van der Waals surface area contributed by atoms with E-state index in [1.165, 1.54) is 12.0 Å². The summed E-state index contributed by atoms with van der Waals surface area (Å²) in [4.78, 5) is 24.4. The van der Waals surface area contributed by atoms with Gasteiger partial charge in [-0.3, -0.25) is 4.79 Å². The predicted molar refractivity (Wildman–Crippen MR) is 62.8 cm³/mol. The van der Waals surface area contributed by atoms with Crippen molar-refractivity contribution in [3.05, 3.63) is 0 Å². The molecule has 2 atom stereocenters. The molecule has 0 radical (unpaired) electrons. The lowest BCUT2D eigenvalue weighted by atomic mass is 9.97. The number of alkyl halides is 1. The molecule has 18 heavy (non-hydrogen) atoms. The number of piperidine rings is 1. The highest BCUT2D eigenvalue weighted by molar-refractivity contribution is 5.75. The smallest absolute Gasteiger partial charge is 0.410 e. The summed E-state index contributed by atoms with van der Waals surface area (Å²) in [6.45, 7) is 5.31. The second-order valence-corrected chi connectivity index (χ2v) is 5.44. The summed E-state index contributed by atoms with van der Waals surface area (Å²) in [7, 11) is 1.25. The van der Waals surface area contributed by atoms with Crippen molar-refractivity contribution in [3.8, 4) is 0 Å². The van der Waals surface area contributed by atoms with Crippen molar-refractivity contribution in [3.63, 3.8) is 0 Å². The molecule has 0 aliphatic carbocycles. The largest absolute Gasteiger partial charge is 0.469 e. The minimum Gasteiger partial charge on any atom is -0.469 e. The Labute approximate surface area is 106 Å². The van der Waals surface area contributed by atoms with E-state index in [9.17, 15) is 14.0 Å². The van der Waals surface area contributed by atoms with E-state index < -0.39 is 29.8 Å². The maximum absolute atomic E-state index is 13.5. The second kappa shape index (κ2) is 5.54. The third-order valence-electron chi connectivity index (χ3n) is 2.59. The van der Waals surface area contributed by atoms with E-state index in [0.29, 0.717) is 0 Å². The Kier molecular flexibility index (Phi) is 4.53. The van der Waals surface area contributed by atoms with E-state index in [0.717, 1.165) is 0 Å². The molecule has 1 amide bonds. The van der Waals surface area contributed by atoms with Gasteiger partial charge in [-0.2, -0.15) is 0 Å². The molecule has 6 heteroatoms. The van der Waals surface area contributed by atoms with Gasteiger partial charge in [0.2, 0.25) is 0 Å². The van der Waals surface area contributed by atoms with Crippen molar-refractivity contribution in [2.75, 3.05) is 20.2 Å². The summed E-state index contributed by atoms with van der Waals surface area (Å²) in [5.74, 6) is -1.11. The maximum Gasteiger partial charge on any atom is 0.410 e. The van der Waals surface area contributed by atoms with Gasteiger partial charge in [-0.1, -0.05) is 0 Å². The van der Waals surface area contributed by atoms with Crippen LogP contribution in [0.25, 0.3) is 0 Å². The molecule has 0 spiro atoms. The average Bonchev–Trinajstić information content (AvgIpc) is 2.24. The monoisotopic (exact) mass is 261 g/mol. The number of amides is 1. The van der Waals surface area contributed by atoms with Crippen LogP contribution in [0.3, 0.4) is 0 Å². The molecule has 1 saturated heterocycles. The highest BCUT2D eigenvalue weighted by Gasteiger charge is 2.36. The maximum atomic E-state index is 13.5. The number of nitrogens with zero attached hydrogens (tertiary/aromatic N) is 1. The Bertz CT molecular complexity index is 327. The summed E-state index contributed by atoms with van der Waals surface area (Å²) in [5.41, 5.74) is -0.638. The second-order valence-electron chi connectivity index (χ2n) is 5.44. The van der Waals surface area contributed by atoms with E-state index in [1.54, 1.807) is 20.8 Å². The zero-order valence-electron chi connectivity index (χ0n) is 11.2. The number of methoxy groups -OCH3 is 1. The van der Waals surface area contributed by atoms with Crippen LogP contribution in [-0.2, 0) is 14.3 Å². The molecule has 1 aliphatic heterocycles. The lowest BCUT2D eigenvalue weighted by molar-refractivity contribution is -0.148. The third-order valence-corrected chi connectivity index (χ3v) is 2.59. The highest BCUT2D eigenvalue weighted by Crippen LogP contribution is 2.22. The molecule has 0 bridgehead atoms. The number of hydrogen-bond donors (Lipinski definition) is 0. The van der Waals surface area contributed by atoms with Crippen LogP contribution in [0.15, 0.2) is 0 Å². The van der Waals surface area contributed by atoms with E-state index in [2.05, 4.69) is 4.74 Å². The molecule has 1 rings (SSSR count). The Morgan fingerprint density at radius 1 is 1.28 bits per heavy atom. The Morgan fingerprint density at radius 3 is 2.39 bits per heavy atom. The van der Waals surface area contributed by atoms with E-state index in [-0.39, 0.29) is 19.5 Å². The third kappa shape index (κ3) is 4.16. The van der Waals surface area contributed by atoms with Crippen LogP contribution in [0.4, 0.5) is 9.18 Å². The first-order valence-corrected chi connectivity index (χ1v) is 5.92. The fourth-order valence-electron chi connectivity index (χ4n) is 1.85. The van der Waals surface area contributed by atoms with Gasteiger partial charge in [0, 0.05) is 6.54 Å². The SMILES string of the molecule is COC(=O)[C@H]1C[C@@H](F)CN(C(=O)OC(C)(C)C)C1. The molecule has 104 valence electrons. The molecule has 0 aromatic carbocycles. The van der Waals surface area contributed by atoms with E-state index >= 15 is 0 Å². The molecule has 1 heterocycles. The van der Waals surface area contributed by atoms with Crippen molar-refractivity contribution in [1.29, 1.82) is 0 Å². The molecule has 0 unspecified atom stereocenters. The Morgan fingerprint density at radius 2 is 1.89 bits per heavy atom. The lowest BCUT2D eigenvalue weighted by Crippen LogP contribution is -2.48. The Hall–Kier alpha value is -1.33. The van der Waals surface area contributed by atoms with Crippen LogP contribution in [0, 0.1) is 5.92 Å². The number of hydrogen-bond acceptors (Lipinski definition) is 4. The normalized spacial score (nSPS) is 24.6. The van der Waals surface area contributed by atoms with Crippen LogP contribution >= 0.6 is 0 Å². The van der Waals surface area contributed by atoms with Crippen molar-refractivity contribution in [2.45, 2.75) is 39.0 Å². The average molecular weight is 261 g/mol. The topological polar surface area (TPSA) is 55.8 Å². The highest BCUT2D eigenvalue weighted by atomic mass is 19.1. The Balaban J connectivity index is 2.66. The number of rotatable bonds is 1. The standard InChI is InChI=1S/C12H20FNO4/c1-12(2,3)18-11(16)14-6-8(10(15)17-4)5-9(13)7-14/h8-9H,5-7H2,1-4H3/t8-,9+/m0/s1. The number of esters is 1. The molecule has 1 fully saturated rings.